The van der Waals surface area contributed by atoms with Crippen LogP contribution in [0.1, 0.15) is 28.8 Å². The van der Waals surface area contributed by atoms with Gasteiger partial charge in [-0.1, -0.05) is 0 Å². The van der Waals surface area contributed by atoms with E-state index in [-0.39, 0.29) is 11.8 Å². The number of hydrogen-bond donors (Lipinski definition) is 2. The molecule has 3 aromatic rings. The first-order chi connectivity index (χ1) is 14.9. The number of fused-ring (bicyclic) bond motifs is 1. The quantitative estimate of drug-likeness (QED) is 0.486. The van der Waals surface area contributed by atoms with E-state index in [1.807, 2.05) is 40.6 Å². The number of aromatic nitrogens is 3. The van der Waals surface area contributed by atoms with Crippen LogP contribution < -0.4 is 11.1 Å². The summed E-state index contributed by atoms with van der Waals surface area (Å²) in [6.07, 6.45) is 6.20. The van der Waals surface area contributed by atoms with E-state index in [4.69, 9.17) is 10.5 Å². The maximum absolute atomic E-state index is 13.0. The Bertz CT molecular complexity index is 1120. The second kappa shape index (κ2) is 9.08. The second-order valence-corrected chi connectivity index (χ2v) is 8.68. The van der Waals surface area contributed by atoms with E-state index in [9.17, 15) is 9.59 Å². The topological polar surface area (TPSA) is 115 Å². The molecule has 10 heteroatoms. The predicted octanol–water partition coefficient (Wildman–Crippen LogP) is 3.33. The molecule has 3 heterocycles. The Morgan fingerprint density at radius 1 is 1.29 bits per heavy atom. The monoisotopic (exact) mass is 534 g/mol. The number of aryl methyl sites for hydroxylation is 1. The van der Waals surface area contributed by atoms with Crippen LogP contribution in [0, 0.1) is 16.5 Å². The van der Waals surface area contributed by atoms with Crippen molar-refractivity contribution in [2.24, 2.45) is 11.7 Å². The van der Waals surface area contributed by atoms with Crippen LogP contribution in [0.5, 0.6) is 0 Å². The molecule has 9 nitrogen and oxygen atoms in total. The van der Waals surface area contributed by atoms with E-state index < -0.39 is 6.09 Å². The fourth-order valence-electron chi connectivity index (χ4n) is 3.77. The third-order valence-electron chi connectivity index (χ3n) is 5.47. The van der Waals surface area contributed by atoms with Gasteiger partial charge < -0.3 is 20.7 Å². The largest absolute Gasteiger partial charge is 0.449 e. The summed E-state index contributed by atoms with van der Waals surface area (Å²) >= 11 is 2.22. The first-order valence-electron chi connectivity index (χ1n) is 9.99. The van der Waals surface area contributed by atoms with Crippen LogP contribution in [0.2, 0.25) is 0 Å². The zero-order valence-electron chi connectivity index (χ0n) is 17.0. The van der Waals surface area contributed by atoms with Crippen molar-refractivity contribution < 1.29 is 14.3 Å². The Labute approximate surface area is 193 Å². The van der Waals surface area contributed by atoms with E-state index in [0.717, 1.165) is 33.4 Å². The van der Waals surface area contributed by atoms with Crippen molar-refractivity contribution in [3.05, 3.63) is 51.6 Å². The molecule has 162 valence electrons. The van der Waals surface area contributed by atoms with Crippen LogP contribution in [0.25, 0.3) is 5.65 Å². The maximum atomic E-state index is 13.0. The highest BCUT2D eigenvalue weighted by Crippen LogP contribution is 2.25. The molecule has 1 aromatic carbocycles. The molecule has 0 bridgehead atoms. The van der Waals surface area contributed by atoms with Crippen molar-refractivity contribution in [2.45, 2.75) is 19.8 Å². The number of carbonyl (C=O) groups is 2. The molecule has 2 amide bonds. The number of nitrogens with two attached hydrogens (primary N) is 1. The number of nitrogens with zero attached hydrogens (tertiary/aromatic N) is 4. The van der Waals surface area contributed by atoms with Gasteiger partial charge in [0.25, 0.3) is 5.91 Å². The molecule has 0 aliphatic carbocycles. The summed E-state index contributed by atoms with van der Waals surface area (Å²) in [6.45, 7) is 3.51. The molecular weight excluding hydrogens is 511 g/mol. The van der Waals surface area contributed by atoms with Crippen molar-refractivity contribution in [3.63, 3.8) is 0 Å². The minimum absolute atomic E-state index is 0.0151. The van der Waals surface area contributed by atoms with E-state index in [1.165, 1.54) is 0 Å². The molecule has 1 saturated heterocycles. The highest BCUT2D eigenvalue weighted by molar-refractivity contribution is 14.1. The van der Waals surface area contributed by atoms with Crippen LogP contribution in [-0.4, -0.2) is 51.0 Å². The van der Waals surface area contributed by atoms with Gasteiger partial charge in [0.2, 0.25) is 0 Å². The summed E-state index contributed by atoms with van der Waals surface area (Å²) in [5.74, 6) is 0.913. The zero-order valence-corrected chi connectivity index (χ0v) is 19.2. The van der Waals surface area contributed by atoms with Gasteiger partial charge in [0.05, 0.1) is 12.8 Å². The summed E-state index contributed by atoms with van der Waals surface area (Å²) < 4.78 is 7.85. The van der Waals surface area contributed by atoms with Crippen molar-refractivity contribution >= 4 is 51.7 Å². The highest BCUT2D eigenvalue weighted by Gasteiger charge is 2.25. The number of hydrogen-bond acceptors (Lipinski definition) is 6. The van der Waals surface area contributed by atoms with Crippen LogP contribution in [-0.2, 0) is 4.74 Å². The van der Waals surface area contributed by atoms with Crippen LogP contribution in [0.15, 0.2) is 36.8 Å². The van der Waals surface area contributed by atoms with Crippen molar-refractivity contribution in [3.8, 4) is 0 Å². The average Bonchev–Trinajstić information content (AvgIpc) is 3.14. The number of likely N-dealkylation sites (tertiary alicyclic amines) is 1. The number of rotatable bonds is 5. The van der Waals surface area contributed by atoms with Crippen LogP contribution >= 0.6 is 22.6 Å². The zero-order chi connectivity index (χ0) is 22.0. The van der Waals surface area contributed by atoms with Crippen molar-refractivity contribution in [1.82, 2.24) is 19.3 Å². The number of ether oxygens (including phenoxy) is 1. The van der Waals surface area contributed by atoms with Gasteiger partial charge in [-0.05, 0) is 72.0 Å². The lowest BCUT2D eigenvalue weighted by atomic mass is 9.96. The predicted molar refractivity (Wildman–Crippen MR) is 124 cm³/mol. The molecule has 3 N–H and O–H groups in total. The fourth-order valence-corrected chi connectivity index (χ4v) is 4.30. The van der Waals surface area contributed by atoms with Gasteiger partial charge in [-0.3, -0.25) is 9.20 Å². The Kier molecular flexibility index (Phi) is 6.25. The highest BCUT2D eigenvalue weighted by atomic mass is 127. The van der Waals surface area contributed by atoms with E-state index in [1.54, 1.807) is 12.4 Å². The van der Waals surface area contributed by atoms with Crippen LogP contribution in [0.3, 0.4) is 0 Å². The minimum atomic E-state index is -0.753. The number of primary amides is 1. The van der Waals surface area contributed by atoms with Crippen molar-refractivity contribution in [1.29, 1.82) is 0 Å². The molecule has 4 rings (SSSR count). The van der Waals surface area contributed by atoms with Gasteiger partial charge >= 0.3 is 6.09 Å². The summed E-state index contributed by atoms with van der Waals surface area (Å²) in [5.41, 5.74) is 8.18. The molecule has 0 unspecified atom stereocenters. The molecule has 1 aliphatic rings. The lowest BCUT2D eigenvalue weighted by molar-refractivity contribution is 0.0627. The Balaban J connectivity index is 1.43. The van der Waals surface area contributed by atoms with E-state index in [2.05, 4.69) is 37.9 Å². The smallest absolute Gasteiger partial charge is 0.404 e. The lowest BCUT2D eigenvalue weighted by Crippen LogP contribution is -2.40. The number of imidazole rings is 1. The second-order valence-electron chi connectivity index (χ2n) is 7.57. The summed E-state index contributed by atoms with van der Waals surface area (Å²) in [6, 6.07) is 5.67. The molecule has 0 radical (unpaired) electrons. The lowest BCUT2D eigenvalue weighted by Gasteiger charge is -2.32. The van der Waals surface area contributed by atoms with Gasteiger partial charge in [0.15, 0.2) is 11.5 Å². The number of nitrogens with one attached hydrogen (secondary N) is 1. The summed E-state index contributed by atoms with van der Waals surface area (Å²) in [4.78, 5) is 34.4. The first-order valence-corrected chi connectivity index (χ1v) is 11.1. The molecule has 0 saturated carbocycles. The van der Waals surface area contributed by atoms with Gasteiger partial charge in [0, 0.05) is 36.7 Å². The number of halogens is 1. The number of amides is 2. The SMILES string of the molecule is Cc1cc(Nc2nccn3c(I)cnc23)ccc1C(=O)N1CCC(COC(N)=O)CC1. The summed E-state index contributed by atoms with van der Waals surface area (Å²) in [5, 5.41) is 3.30. The van der Waals surface area contributed by atoms with Gasteiger partial charge in [-0.2, -0.15) is 0 Å². The fraction of sp³-hybridized carbons (Fsp3) is 0.333. The molecule has 0 atom stereocenters. The summed E-state index contributed by atoms with van der Waals surface area (Å²) in [7, 11) is 0. The van der Waals surface area contributed by atoms with Gasteiger partial charge in [-0.25, -0.2) is 14.8 Å². The third kappa shape index (κ3) is 4.73. The van der Waals surface area contributed by atoms with Gasteiger partial charge in [-0.15, -0.1) is 0 Å². The normalized spacial score (nSPS) is 14.6. The molecule has 1 aliphatic heterocycles. The average molecular weight is 534 g/mol. The first kappa shape index (κ1) is 21.3. The number of piperidine rings is 1. The minimum Gasteiger partial charge on any atom is -0.449 e. The number of benzene rings is 1. The van der Waals surface area contributed by atoms with Gasteiger partial charge in [0.1, 0.15) is 3.70 Å². The molecule has 1 fully saturated rings. The maximum Gasteiger partial charge on any atom is 0.404 e. The molecule has 2 aromatic heterocycles. The molecular formula is C21H23IN6O3. The molecule has 31 heavy (non-hydrogen) atoms. The Hall–Kier alpha value is -2.89. The Morgan fingerprint density at radius 3 is 2.77 bits per heavy atom. The number of carbonyl (C=O) groups excluding carboxylic acids is 2. The Morgan fingerprint density at radius 2 is 2.06 bits per heavy atom. The number of anilines is 2. The van der Waals surface area contributed by atoms with E-state index >= 15 is 0 Å². The van der Waals surface area contributed by atoms with E-state index in [0.29, 0.717) is 31.1 Å². The van der Waals surface area contributed by atoms with Crippen molar-refractivity contribution in [2.75, 3.05) is 25.0 Å². The standard InChI is InChI=1S/C21H23IN6O3/c1-13-10-15(26-18-19-25-11-17(22)28(19)9-6-24-18)2-3-16(13)20(29)27-7-4-14(5-8-27)12-31-21(23)30/h2-3,6,9-11,14H,4-5,7-8,12H2,1H3,(H2,23,30)(H,24,26). The van der Waals surface area contributed by atoms with Crippen LogP contribution in [0.4, 0.5) is 16.3 Å². The third-order valence-corrected chi connectivity index (χ3v) is 6.26. The molecule has 0 spiro atoms.